The van der Waals surface area contributed by atoms with Crippen molar-refractivity contribution in [1.82, 2.24) is 0 Å². The zero-order valence-electron chi connectivity index (χ0n) is 8.09. The van der Waals surface area contributed by atoms with Crippen LogP contribution in [0.25, 0.3) is 0 Å². The average molecular weight is 323 g/mol. The second-order valence-electron chi connectivity index (χ2n) is 3.27. The minimum atomic E-state index is -0.381. The highest BCUT2D eigenvalue weighted by molar-refractivity contribution is 9.11. The largest absolute Gasteiger partial charge is 0.391 e. The summed E-state index contributed by atoms with van der Waals surface area (Å²) in [5, 5.41) is 12.6. The standard InChI is InChI=1S/C10H13Br2NO/c1-6(7(2)14)13-10-8(11)4-3-5-9(10)12/h3-7,13-14H,1-2H3. The highest BCUT2D eigenvalue weighted by Crippen LogP contribution is 2.31. The summed E-state index contributed by atoms with van der Waals surface area (Å²) in [4.78, 5) is 0. The number of aliphatic hydroxyl groups excluding tert-OH is 1. The maximum Gasteiger partial charge on any atom is 0.0710 e. The second-order valence-corrected chi connectivity index (χ2v) is 4.98. The molecule has 0 heterocycles. The van der Waals surface area contributed by atoms with E-state index in [1.54, 1.807) is 6.92 Å². The van der Waals surface area contributed by atoms with Crippen LogP contribution in [0.1, 0.15) is 13.8 Å². The molecule has 0 saturated carbocycles. The van der Waals surface area contributed by atoms with Crippen molar-refractivity contribution in [3.8, 4) is 0 Å². The van der Waals surface area contributed by atoms with E-state index in [1.165, 1.54) is 0 Å². The third kappa shape index (κ3) is 2.97. The molecule has 0 fully saturated rings. The molecule has 78 valence electrons. The first-order valence-corrected chi connectivity index (χ1v) is 5.99. The van der Waals surface area contributed by atoms with Crippen LogP contribution in [0.4, 0.5) is 5.69 Å². The zero-order chi connectivity index (χ0) is 10.7. The molecule has 0 aromatic heterocycles. The lowest BCUT2D eigenvalue weighted by Crippen LogP contribution is -2.28. The zero-order valence-corrected chi connectivity index (χ0v) is 11.3. The molecular weight excluding hydrogens is 310 g/mol. The number of hydrogen-bond donors (Lipinski definition) is 2. The lowest BCUT2D eigenvalue weighted by molar-refractivity contribution is 0.178. The number of aliphatic hydroxyl groups is 1. The number of benzene rings is 1. The van der Waals surface area contributed by atoms with E-state index in [4.69, 9.17) is 0 Å². The first-order chi connectivity index (χ1) is 6.52. The Hall–Kier alpha value is -0.0600. The second kappa shape index (κ2) is 5.14. The smallest absolute Gasteiger partial charge is 0.0710 e. The van der Waals surface area contributed by atoms with E-state index in [9.17, 15) is 5.11 Å². The highest BCUT2D eigenvalue weighted by Gasteiger charge is 2.11. The van der Waals surface area contributed by atoms with Gasteiger partial charge in [0.15, 0.2) is 0 Å². The Kier molecular flexibility index (Phi) is 4.41. The molecule has 2 unspecified atom stereocenters. The molecule has 1 aromatic rings. The lowest BCUT2D eigenvalue weighted by Gasteiger charge is -2.19. The Morgan fingerprint density at radius 3 is 2.14 bits per heavy atom. The van der Waals surface area contributed by atoms with Crippen molar-refractivity contribution in [3.05, 3.63) is 27.1 Å². The molecule has 2 nitrogen and oxygen atoms in total. The molecule has 0 radical (unpaired) electrons. The van der Waals surface area contributed by atoms with Gasteiger partial charge in [-0.25, -0.2) is 0 Å². The van der Waals surface area contributed by atoms with Gasteiger partial charge in [-0.3, -0.25) is 0 Å². The molecule has 0 bridgehead atoms. The first-order valence-electron chi connectivity index (χ1n) is 4.41. The molecule has 14 heavy (non-hydrogen) atoms. The normalized spacial score (nSPS) is 14.9. The van der Waals surface area contributed by atoms with Crippen LogP contribution < -0.4 is 5.32 Å². The number of para-hydroxylation sites is 1. The summed E-state index contributed by atoms with van der Waals surface area (Å²) in [6.07, 6.45) is -0.381. The van der Waals surface area contributed by atoms with Crippen molar-refractivity contribution in [2.45, 2.75) is 26.0 Å². The van der Waals surface area contributed by atoms with Gasteiger partial charge >= 0.3 is 0 Å². The van der Waals surface area contributed by atoms with Gasteiger partial charge in [0.2, 0.25) is 0 Å². The number of anilines is 1. The number of halogens is 2. The van der Waals surface area contributed by atoms with Crippen molar-refractivity contribution < 1.29 is 5.11 Å². The van der Waals surface area contributed by atoms with E-state index in [0.717, 1.165) is 14.6 Å². The molecule has 4 heteroatoms. The van der Waals surface area contributed by atoms with Crippen LogP contribution in [-0.2, 0) is 0 Å². The maximum atomic E-state index is 9.37. The minimum Gasteiger partial charge on any atom is -0.391 e. The number of nitrogens with one attached hydrogen (secondary N) is 1. The van der Waals surface area contributed by atoms with E-state index >= 15 is 0 Å². The van der Waals surface area contributed by atoms with Gasteiger partial charge in [-0.05, 0) is 57.8 Å². The predicted octanol–water partition coefficient (Wildman–Crippen LogP) is 3.39. The Labute approximate surface area is 101 Å². The number of rotatable bonds is 3. The molecule has 0 aliphatic heterocycles. The fraction of sp³-hybridized carbons (Fsp3) is 0.400. The predicted molar refractivity (Wildman–Crippen MR) is 66.6 cm³/mol. The molecule has 0 aliphatic carbocycles. The summed E-state index contributed by atoms with van der Waals surface area (Å²) < 4.78 is 1.97. The van der Waals surface area contributed by atoms with Crippen molar-refractivity contribution in [2.75, 3.05) is 5.32 Å². The van der Waals surface area contributed by atoms with Crippen LogP contribution in [0.5, 0.6) is 0 Å². The fourth-order valence-corrected chi connectivity index (χ4v) is 2.21. The third-order valence-electron chi connectivity index (χ3n) is 2.06. The first kappa shape index (κ1) is 12.0. The Morgan fingerprint density at radius 2 is 1.71 bits per heavy atom. The van der Waals surface area contributed by atoms with Gasteiger partial charge in [0, 0.05) is 15.0 Å². The monoisotopic (exact) mass is 321 g/mol. The van der Waals surface area contributed by atoms with Crippen LogP contribution in [0.15, 0.2) is 27.1 Å². The number of hydrogen-bond acceptors (Lipinski definition) is 2. The van der Waals surface area contributed by atoms with Crippen molar-refractivity contribution in [3.63, 3.8) is 0 Å². The van der Waals surface area contributed by atoms with E-state index in [2.05, 4.69) is 37.2 Å². The molecule has 2 atom stereocenters. The SMILES string of the molecule is CC(O)C(C)Nc1c(Br)cccc1Br. The molecule has 0 amide bonds. The van der Waals surface area contributed by atoms with E-state index in [-0.39, 0.29) is 12.1 Å². The van der Waals surface area contributed by atoms with Crippen molar-refractivity contribution in [2.24, 2.45) is 0 Å². The van der Waals surface area contributed by atoms with Gasteiger partial charge in [0.05, 0.1) is 11.8 Å². The summed E-state index contributed by atoms with van der Waals surface area (Å²) in [5.41, 5.74) is 0.973. The Balaban J connectivity index is 2.85. The molecule has 1 aromatic carbocycles. The van der Waals surface area contributed by atoms with E-state index < -0.39 is 0 Å². The molecular formula is C10H13Br2NO. The van der Waals surface area contributed by atoms with Gasteiger partial charge in [-0.1, -0.05) is 6.07 Å². The Morgan fingerprint density at radius 1 is 1.21 bits per heavy atom. The maximum absolute atomic E-state index is 9.37. The summed E-state index contributed by atoms with van der Waals surface area (Å²) >= 11 is 6.90. The van der Waals surface area contributed by atoms with E-state index in [0.29, 0.717) is 0 Å². The van der Waals surface area contributed by atoms with Crippen molar-refractivity contribution >= 4 is 37.5 Å². The topological polar surface area (TPSA) is 32.3 Å². The molecule has 0 aliphatic rings. The molecule has 1 rings (SSSR count). The lowest BCUT2D eigenvalue weighted by atomic mass is 10.2. The van der Waals surface area contributed by atoms with E-state index in [1.807, 2.05) is 25.1 Å². The van der Waals surface area contributed by atoms with Gasteiger partial charge in [0.25, 0.3) is 0 Å². The van der Waals surface area contributed by atoms with Crippen LogP contribution in [0.2, 0.25) is 0 Å². The summed E-state index contributed by atoms with van der Waals surface area (Å²) in [5.74, 6) is 0. The van der Waals surface area contributed by atoms with Crippen molar-refractivity contribution in [1.29, 1.82) is 0 Å². The van der Waals surface area contributed by atoms with Gasteiger partial charge in [0.1, 0.15) is 0 Å². The van der Waals surface area contributed by atoms with Gasteiger partial charge in [-0.2, -0.15) is 0 Å². The van der Waals surface area contributed by atoms with Crippen LogP contribution in [-0.4, -0.2) is 17.3 Å². The fourth-order valence-electron chi connectivity index (χ4n) is 0.984. The van der Waals surface area contributed by atoms with Gasteiger partial charge < -0.3 is 10.4 Å². The molecule has 0 spiro atoms. The summed E-state index contributed by atoms with van der Waals surface area (Å²) in [7, 11) is 0. The highest BCUT2D eigenvalue weighted by atomic mass is 79.9. The average Bonchev–Trinajstić information content (AvgIpc) is 2.11. The van der Waals surface area contributed by atoms with Crippen LogP contribution in [0.3, 0.4) is 0 Å². The molecule has 0 saturated heterocycles. The van der Waals surface area contributed by atoms with Gasteiger partial charge in [-0.15, -0.1) is 0 Å². The quantitative estimate of drug-likeness (QED) is 0.894. The van der Waals surface area contributed by atoms with Crippen LogP contribution >= 0.6 is 31.9 Å². The Bertz CT molecular complexity index is 295. The molecule has 2 N–H and O–H groups in total. The summed E-state index contributed by atoms with van der Waals surface area (Å²) in [6.45, 7) is 3.71. The van der Waals surface area contributed by atoms with Crippen LogP contribution in [0, 0.1) is 0 Å². The third-order valence-corrected chi connectivity index (χ3v) is 3.38. The summed E-state index contributed by atoms with van der Waals surface area (Å²) in [6, 6.07) is 5.89. The minimum absolute atomic E-state index is 0.0185.